The number of carbonyl (C=O) groups excluding carboxylic acids is 1. The third-order valence-electron chi connectivity index (χ3n) is 1.74. The fourth-order valence-corrected chi connectivity index (χ4v) is 1.67. The second kappa shape index (κ2) is 7.21. The lowest BCUT2D eigenvalue weighted by atomic mass is 10.1. The zero-order chi connectivity index (χ0) is 10.3. The summed E-state index contributed by atoms with van der Waals surface area (Å²) >= 11 is 1.72. The summed E-state index contributed by atoms with van der Waals surface area (Å²) < 4.78 is 0. The smallest absolute Gasteiger partial charge is 0.237 e. The predicted molar refractivity (Wildman–Crippen MR) is 58.9 cm³/mol. The summed E-state index contributed by atoms with van der Waals surface area (Å²) in [6.07, 6.45) is 3.73. The van der Waals surface area contributed by atoms with Crippen molar-refractivity contribution in [3.63, 3.8) is 0 Å². The predicted octanol–water partition coefficient (Wildman–Crippen LogP) is 0.981. The van der Waals surface area contributed by atoms with Crippen LogP contribution in [0.15, 0.2) is 0 Å². The van der Waals surface area contributed by atoms with Gasteiger partial charge in [0.1, 0.15) is 0 Å². The lowest BCUT2D eigenvalue weighted by molar-refractivity contribution is -0.122. The zero-order valence-corrected chi connectivity index (χ0v) is 9.49. The van der Waals surface area contributed by atoms with Crippen LogP contribution in [0, 0.1) is 0 Å². The number of amides is 1. The molecule has 2 atom stereocenters. The first-order chi connectivity index (χ1) is 6.11. The lowest BCUT2D eigenvalue weighted by Gasteiger charge is -2.16. The van der Waals surface area contributed by atoms with Gasteiger partial charge in [0.2, 0.25) is 5.91 Å². The van der Waals surface area contributed by atoms with Gasteiger partial charge in [0, 0.05) is 11.8 Å². The molecule has 0 aliphatic carbocycles. The van der Waals surface area contributed by atoms with Crippen LogP contribution >= 0.6 is 11.8 Å². The van der Waals surface area contributed by atoms with Crippen molar-refractivity contribution in [2.75, 3.05) is 12.0 Å². The molecule has 0 heterocycles. The average Bonchev–Trinajstić information content (AvgIpc) is 2.05. The number of carbonyl (C=O) groups is 1. The molecule has 0 radical (unpaired) electrons. The first-order valence-corrected chi connectivity index (χ1v) is 6.06. The largest absolute Gasteiger partial charge is 0.351 e. The highest BCUT2D eigenvalue weighted by molar-refractivity contribution is 7.98. The molecule has 1 unspecified atom stereocenters. The highest BCUT2D eigenvalue weighted by atomic mass is 32.2. The van der Waals surface area contributed by atoms with E-state index in [0.717, 1.165) is 18.6 Å². The van der Waals surface area contributed by atoms with E-state index in [1.807, 2.05) is 20.1 Å². The van der Waals surface area contributed by atoms with Crippen molar-refractivity contribution in [1.82, 2.24) is 5.32 Å². The molecular weight excluding hydrogens is 184 g/mol. The van der Waals surface area contributed by atoms with Crippen molar-refractivity contribution in [3.05, 3.63) is 0 Å². The molecule has 0 spiro atoms. The van der Waals surface area contributed by atoms with Gasteiger partial charge >= 0.3 is 0 Å². The van der Waals surface area contributed by atoms with Gasteiger partial charge in [-0.1, -0.05) is 13.3 Å². The number of nitrogens with two attached hydrogens (primary N) is 1. The average molecular weight is 204 g/mol. The van der Waals surface area contributed by atoms with Gasteiger partial charge < -0.3 is 11.1 Å². The fraction of sp³-hybridized carbons (Fsp3) is 0.889. The molecule has 0 aromatic heterocycles. The quantitative estimate of drug-likeness (QED) is 0.678. The topological polar surface area (TPSA) is 55.1 Å². The number of thioether (sulfide) groups is 1. The van der Waals surface area contributed by atoms with Crippen LogP contribution in [0.4, 0.5) is 0 Å². The molecule has 0 saturated heterocycles. The Morgan fingerprint density at radius 3 is 2.69 bits per heavy atom. The number of rotatable bonds is 6. The molecule has 0 aromatic carbocycles. The summed E-state index contributed by atoms with van der Waals surface area (Å²) in [7, 11) is 0. The van der Waals surface area contributed by atoms with Gasteiger partial charge in [0.05, 0.1) is 6.04 Å². The van der Waals surface area contributed by atoms with Crippen LogP contribution in [-0.2, 0) is 4.79 Å². The normalized spacial score (nSPS) is 15.1. The molecule has 0 aliphatic heterocycles. The van der Waals surface area contributed by atoms with Gasteiger partial charge in [0.25, 0.3) is 0 Å². The maximum absolute atomic E-state index is 11.4. The maximum Gasteiger partial charge on any atom is 0.237 e. The van der Waals surface area contributed by atoms with Crippen LogP contribution in [0.2, 0.25) is 0 Å². The van der Waals surface area contributed by atoms with E-state index in [2.05, 4.69) is 5.32 Å². The summed E-state index contributed by atoms with van der Waals surface area (Å²) in [4.78, 5) is 11.4. The van der Waals surface area contributed by atoms with E-state index in [9.17, 15) is 4.79 Å². The van der Waals surface area contributed by atoms with E-state index in [4.69, 9.17) is 5.73 Å². The van der Waals surface area contributed by atoms with Crippen LogP contribution in [0.5, 0.6) is 0 Å². The molecule has 13 heavy (non-hydrogen) atoms. The summed E-state index contributed by atoms with van der Waals surface area (Å²) in [5.41, 5.74) is 5.65. The molecule has 1 amide bonds. The van der Waals surface area contributed by atoms with Crippen LogP contribution < -0.4 is 11.1 Å². The van der Waals surface area contributed by atoms with E-state index < -0.39 is 0 Å². The van der Waals surface area contributed by atoms with Crippen molar-refractivity contribution in [2.24, 2.45) is 5.73 Å². The minimum Gasteiger partial charge on any atom is -0.351 e. The molecule has 4 heteroatoms. The number of nitrogens with one attached hydrogen (secondary N) is 1. The van der Waals surface area contributed by atoms with Crippen molar-refractivity contribution in [3.8, 4) is 0 Å². The Hall–Kier alpha value is -0.220. The van der Waals surface area contributed by atoms with Crippen molar-refractivity contribution in [2.45, 2.75) is 38.8 Å². The third kappa shape index (κ3) is 5.93. The van der Waals surface area contributed by atoms with E-state index >= 15 is 0 Å². The van der Waals surface area contributed by atoms with Gasteiger partial charge in [-0.25, -0.2) is 0 Å². The van der Waals surface area contributed by atoms with Crippen molar-refractivity contribution in [1.29, 1.82) is 0 Å². The molecule has 0 bridgehead atoms. The summed E-state index contributed by atoms with van der Waals surface area (Å²) in [5, 5.41) is 2.88. The number of hydrogen-bond donors (Lipinski definition) is 2. The Balaban J connectivity index is 3.71. The minimum atomic E-state index is -0.339. The summed E-state index contributed by atoms with van der Waals surface area (Å²) in [5.74, 6) is 0.910. The highest BCUT2D eigenvalue weighted by Crippen LogP contribution is 1.98. The zero-order valence-electron chi connectivity index (χ0n) is 8.67. The Kier molecular flexibility index (Phi) is 7.09. The van der Waals surface area contributed by atoms with Crippen LogP contribution in [0.3, 0.4) is 0 Å². The van der Waals surface area contributed by atoms with Gasteiger partial charge in [0.15, 0.2) is 0 Å². The molecule has 3 N–H and O–H groups in total. The fourth-order valence-electron chi connectivity index (χ4n) is 1.08. The molecule has 3 nitrogen and oxygen atoms in total. The van der Waals surface area contributed by atoms with E-state index in [0.29, 0.717) is 0 Å². The summed E-state index contributed by atoms with van der Waals surface area (Å²) in [6, 6.07) is -0.125. The van der Waals surface area contributed by atoms with Gasteiger partial charge in [-0.05, 0) is 19.6 Å². The molecule has 0 saturated carbocycles. The maximum atomic E-state index is 11.4. The Morgan fingerprint density at radius 2 is 2.23 bits per heavy atom. The number of hydrogen-bond acceptors (Lipinski definition) is 3. The second-order valence-electron chi connectivity index (χ2n) is 3.26. The molecule has 0 aromatic rings. The van der Waals surface area contributed by atoms with Gasteiger partial charge in [-0.15, -0.1) is 0 Å². The molecular formula is C9H20N2OS. The van der Waals surface area contributed by atoms with E-state index in [-0.39, 0.29) is 18.0 Å². The molecule has 0 fully saturated rings. The van der Waals surface area contributed by atoms with Crippen LogP contribution in [0.1, 0.15) is 26.7 Å². The van der Waals surface area contributed by atoms with E-state index in [1.165, 1.54) is 0 Å². The Bertz CT molecular complexity index is 153. The minimum absolute atomic E-state index is 0.0246. The first kappa shape index (κ1) is 12.8. The molecule has 0 rings (SSSR count). The third-order valence-corrected chi connectivity index (χ3v) is 2.58. The highest BCUT2D eigenvalue weighted by Gasteiger charge is 2.13. The lowest BCUT2D eigenvalue weighted by Crippen LogP contribution is -2.45. The molecule has 78 valence electrons. The SMILES string of the molecule is CCC[C@@H](N)C(=O)NC(C)CSC. The first-order valence-electron chi connectivity index (χ1n) is 4.66. The Labute approximate surface area is 84.8 Å². The Morgan fingerprint density at radius 1 is 1.62 bits per heavy atom. The van der Waals surface area contributed by atoms with Gasteiger partial charge in [-0.3, -0.25) is 4.79 Å². The van der Waals surface area contributed by atoms with E-state index in [1.54, 1.807) is 11.8 Å². The molecule has 0 aliphatic rings. The van der Waals surface area contributed by atoms with Crippen LogP contribution in [-0.4, -0.2) is 30.0 Å². The standard InChI is InChI=1S/C9H20N2OS/c1-4-5-8(10)9(12)11-7(2)6-13-3/h7-8H,4-6,10H2,1-3H3,(H,11,12)/t7?,8-/m1/s1. The second-order valence-corrected chi connectivity index (χ2v) is 4.17. The monoisotopic (exact) mass is 204 g/mol. The summed E-state index contributed by atoms with van der Waals surface area (Å²) in [6.45, 7) is 4.02. The van der Waals surface area contributed by atoms with Crippen molar-refractivity contribution < 1.29 is 4.79 Å². The van der Waals surface area contributed by atoms with Crippen LogP contribution in [0.25, 0.3) is 0 Å². The van der Waals surface area contributed by atoms with Gasteiger partial charge in [-0.2, -0.15) is 11.8 Å². The van der Waals surface area contributed by atoms with Crippen molar-refractivity contribution >= 4 is 17.7 Å².